The Hall–Kier alpha value is -2.87. The molecule has 1 aromatic heterocycles. The number of carbonyl (C=O) groups excluding carboxylic acids is 1. The van der Waals surface area contributed by atoms with Gasteiger partial charge in [0.15, 0.2) is 0 Å². The summed E-state index contributed by atoms with van der Waals surface area (Å²) in [6.07, 6.45) is 1.77. The smallest absolute Gasteiger partial charge is 0.325 e. The molecule has 1 saturated heterocycles. The summed E-state index contributed by atoms with van der Waals surface area (Å²) in [4.78, 5) is 32.0. The zero-order valence-corrected chi connectivity index (χ0v) is 19.6. The molecule has 8 heteroatoms. The van der Waals surface area contributed by atoms with Crippen LogP contribution < -0.4 is 5.32 Å². The second-order valence-corrected chi connectivity index (χ2v) is 9.27. The lowest BCUT2D eigenvalue weighted by Crippen LogP contribution is -2.48. The molecular formula is C25H29ClN4O3. The average Bonchev–Trinajstić information content (AvgIpc) is 3.18. The molecule has 0 radical (unpaired) electrons. The standard InChI is InChI=1S/C25H29ClN4O3/c1-16(2)24(31)28-19-6-7-22-20(13-19)21(14-27-22)23(25(32)33)30-10-8-29(9-11-30)15-17-4-3-5-18(26)12-17/h3-7,12-14,16,23,27H,8-11,15H2,1-2H3,(H,28,31)(H,32,33). The number of carboxylic acids is 1. The fourth-order valence-electron chi connectivity index (χ4n) is 4.29. The number of aromatic amines is 1. The molecule has 0 aliphatic carbocycles. The number of carbonyl (C=O) groups is 2. The van der Waals surface area contributed by atoms with E-state index in [2.05, 4.69) is 21.3 Å². The first-order valence-corrected chi connectivity index (χ1v) is 11.5. The van der Waals surface area contributed by atoms with Gasteiger partial charge in [0.25, 0.3) is 0 Å². The molecule has 1 atom stereocenters. The highest BCUT2D eigenvalue weighted by Gasteiger charge is 2.32. The number of rotatable bonds is 7. The Morgan fingerprint density at radius 2 is 1.88 bits per heavy atom. The van der Waals surface area contributed by atoms with Gasteiger partial charge in [0.1, 0.15) is 6.04 Å². The summed E-state index contributed by atoms with van der Waals surface area (Å²) in [6.45, 7) is 7.30. The van der Waals surface area contributed by atoms with Crippen LogP contribution in [0, 0.1) is 5.92 Å². The number of nitrogens with zero attached hydrogens (tertiary/aromatic N) is 2. The number of aromatic nitrogens is 1. The van der Waals surface area contributed by atoms with Crippen molar-refractivity contribution in [2.75, 3.05) is 31.5 Å². The summed E-state index contributed by atoms with van der Waals surface area (Å²) >= 11 is 6.10. The van der Waals surface area contributed by atoms with Crippen molar-refractivity contribution < 1.29 is 14.7 Å². The van der Waals surface area contributed by atoms with Gasteiger partial charge in [-0.1, -0.05) is 37.6 Å². The van der Waals surface area contributed by atoms with Crippen molar-refractivity contribution in [3.63, 3.8) is 0 Å². The van der Waals surface area contributed by atoms with Gasteiger partial charge < -0.3 is 15.4 Å². The van der Waals surface area contributed by atoms with Gasteiger partial charge in [0.2, 0.25) is 5.91 Å². The van der Waals surface area contributed by atoms with E-state index in [1.54, 1.807) is 6.20 Å². The molecule has 3 aromatic rings. The SMILES string of the molecule is CC(C)C(=O)Nc1ccc2[nH]cc(C(C(=O)O)N3CCN(Cc4cccc(Cl)c4)CC3)c2c1. The molecule has 2 heterocycles. The number of fused-ring (bicyclic) bond motifs is 1. The molecule has 0 bridgehead atoms. The van der Waals surface area contributed by atoms with E-state index in [4.69, 9.17) is 11.6 Å². The normalized spacial score (nSPS) is 16.2. The van der Waals surface area contributed by atoms with Gasteiger partial charge in [-0.15, -0.1) is 0 Å². The Bertz CT molecular complexity index is 1150. The van der Waals surface area contributed by atoms with Crippen LogP contribution in [0.3, 0.4) is 0 Å². The molecule has 0 saturated carbocycles. The minimum atomic E-state index is -0.879. The minimum absolute atomic E-state index is 0.0722. The first-order chi connectivity index (χ1) is 15.8. The number of carboxylic acid groups (broad SMARTS) is 1. The second-order valence-electron chi connectivity index (χ2n) is 8.83. The van der Waals surface area contributed by atoms with E-state index in [0.29, 0.717) is 24.3 Å². The van der Waals surface area contributed by atoms with Gasteiger partial charge in [0, 0.05) is 72.0 Å². The summed E-state index contributed by atoms with van der Waals surface area (Å²) in [5.74, 6) is -1.09. The van der Waals surface area contributed by atoms with E-state index in [1.807, 2.05) is 55.1 Å². The Morgan fingerprint density at radius 1 is 1.12 bits per heavy atom. The molecule has 1 aliphatic rings. The molecule has 3 N–H and O–H groups in total. The number of hydrogen-bond donors (Lipinski definition) is 3. The highest BCUT2D eigenvalue weighted by atomic mass is 35.5. The van der Waals surface area contributed by atoms with Crippen LogP contribution in [0.4, 0.5) is 5.69 Å². The highest BCUT2D eigenvalue weighted by Crippen LogP contribution is 2.31. The molecule has 1 fully saturated rings. The third-order valence-electron chi connectivity index (χ3n) is 6.10. The van der Waals surface area contributed by atoms with Crippen LogP contribution in [0.5, 0.6) is 0 Å². The Morgan fingerprint density at radius 3 is 2.55 bits per heavy atom. The number of aliphatic carboxylic acids is 1. The lowest BCUT2D eigenvalue weighted by Gasteiger charge is -2.37. The van der Waals surface area contributed by atoms with E-state index in [0.717, 1.165) is 41.1 Å². The highest BCUT2D eigenvalue weighted by molar-refractivity contribution is 6.30. The maximum Gasteiger partial charge on any atom is 0.325 e. The molecule has 1 amide bonds. The number of anilines is 1. The Balaban J connectivity index is 1.50. The van der Waals surface area contributed by atoms with Crippen LogP contribution in [-0.2, 0) is 16.1 Å². The first kappa shape index (κ1) is 23.3. The quantitative estimate of drug-likeness (QED) is 0.479. The topological polar surface area (TPSA) is 88.7 Å². The van der Waals surface area contributed by atoms with Crippen LogP contribution in [0.25, 0.3) is 10.9 Å². The van der Waals surface area contributed by atoms with Crippen molar-refractivity contribution >= 4 is 40.1 Å². The van der Waals surface area contributed by atoms with Crippen molar-refractivity contribution in [3.05, 3.63) is 64.8 Å². The zero-order chi connectivity index (χ0) is 23.5. The number of hydrogen-bond acceptors (Lipinski definition) is 4. The summed E-state index contributed by atoms with van der Waals surface area (Å²) in [7, 11) is 0. The van der Waals surface area contributed by atoms with Crippen molar-refractivity contribution in [3.8, 4) is 0 Å². The second kappa shape index (κ2) is 9.95. The zero-order valence-electron chi connectivity index (χ0n) is 18.8. The number of amides is 1. The van der Waals surface area contributed by atoms with Crippen LogP contribution in [0.1, 0.15) is 31.0 Å². The number of H-pyrrole nitrogens is 1. The maximum absolute atomic E-state index is 12.3. The van der Waals surface area contributed by atoms with Gasteiger partial charge >= 0.3 is 5.97 Å². The molecule has 1 unspecified atom stereocenters. The minimum Gasteiger partial charge on any atom is -0.480 e. The summed E-state index contributed by atoms with van der Waals surface area (Å²) in [5.41, 5.74) is 3.37. The predicted molar refractivity (Wildman–Crippen MR) is 130 cm³/mol. The Kier molecular flexibility index (Phi) is 7.02. The lowest BCUT2D eigenvalue weighted by molar-refractivity contribution is -0.144. The van der Waals surface area contributed by atoms with E-state index < -0.39 is 12.0 Å². The molecule has 2 aromatic carbocycles. The van der Waals surface area contributed by atoms with Crippen LogP contribution >= 0.6 is 11.6 Å². The third-order valence-corrected chi connectivity index (χ3v) is 6.34. The molecular weight excluding hydrogens is 440 g/mol. The fourth-order valence-corrected chi connectivity index (χ4v) is 4.50. The first-order valence-electron chi connectivity index (χ1n) is 11.2. The summed E-state index contributed by atoms with van der Waals surface area (Å²) in [6, 6.07) is 12.6. The molecule has 174 valence electrons. The lowest BCUT2D eigenvalue weighted by atomic mass is 10.0. The molecule has 1 aliphatic heterocycles. The summed E-state index contributed by atoms with van der Waals surface area (Å²) in [5, 5.41) is 14.6. The van der Waals surface area contributed by atoms with Gasteiger partial charge in [0.05, 0.1) is 0 Å². The maximum atomic E-state index is 12.3. The number of benzene rings is 2. The van der Waals surface area contributed by atoms with Gasteiger partial charge in [-0.05, 0) is 35.9 Å². The van der Waals surface area contributed by atoms with Gasteiger partial charge in [-0.25, -0.2) is 0 Å². The molecule has 7 nitrogen and oxygen atoms in total. The van der Waals surface area contributed by atoms with Gasteiger partial charge in [-0.3, -0.25) is 19.4 Å². The molecule has 4 rings (SSSR count). The third kappa shape index (κ3) is 5.38. The largest absolute Gasteiger partial charge is 0.480 e. The fraction of sp³-hybridized carbons (Fsp3) is 0.360. The number of piperazine rings is 1. The van der Waals surface area contributed by atoms with Crippen LogP contribution in [0.15, 0.2) is 48.7 Å². The van der Waals surface area contributed by atoms with E-state index in [9.17, 15) is 14.7 Å². The summed E-state index contributed by atoms with van der Waals surface area (Å²) < 4.78 is 0. The van der Waals surface area contributed by atoms with E-state index in [-0.39, 0.29) is 11.8 Å². The molecule has 0 spiro atoms. The average molecular weight is 469 g/mol. The van der Waals surface area contributed by atoms with Crippen molar-refractivity contribution in [1.29, 1.82) is 0 Å². The Labute approximate surface area is 198 Å². The number of nitrogens with one attached hydrogen (secondary N) is 2. The van der Waals surface area contributed by atoms with Gasteiger partial charge in [-0.2, -0.15) is 0 Å². The van der Waals surface area contributed by atoms with Crippen LogP contribution in [-0.4, -0.2) is 57.9 Å². The van der Waals surface area contributed by atoms with E-state index in [1.165, 1.54) is 0 Å². The molecule has 33 heavy (non-hydrogen) atoms. The predicted octanol–water partition coefficient (Wildman–Crippen LogP) is 4.36. The van der Waals surface area contributed by atoms with Crippen molar-refractivity contribution in [1.82, 2.24) is 14.8 Å². The number of halogens is 1. The van der Waals surface area contributed by atoms with Crippen molar-refractivity contribution in [2.24, 2.45) is 5.92 Å². The van der Waals surface area contributed by atoms with Crippen molar-refractivity contribution in [2.45, 2.75) is 26.4 Å². The monoisotopic (exact) mass is 468 g/mol. The van der Waals surface area contributed by atoms with E-state index >= 15 is 0 Å². The van der Waals surface area contributed by atoms with Crippen LogP contribution in [0.2, 0.25) is 5.02 Å².